The standard InChI is InChI=1S/C27H25N7O3/c1-36-25-6-3-17(10-30-25)13-33-21-8-22(33)16-32(15-21)24-5-4-18(11-29-24)23-7-19(27(35)37-2)14-34-26(23)20(9-28)12-31-34/h3-7,10-12,14,21-22H,8,13,15-16H2,1-2H3. The number of aromatic nitrogens is 4. The van der Waals surface area contributed by atoms with Gasteiger partial charge in [-0.2, -0.15) is 10.4 Å². The second-order valence-electron chi connectivity index (χ2n) is 9.33. The van der Waals surface area contributed by atoms with Crippen LogP contribution in [0.5, 0.6) is 5.88 Å². The number of piperidine rings is 1. The van der Waals surface area contributed by atoms with Gasteiger partial charge in [-0.1, -0.05) is 6.07 Å². The molecule has 0 spiro atoms. The van der Waals surface area contributed by atoms with Crippen LogP contribution in [0, 0.1) is 11.3 Å². The summed E-state index contributed by atoms with van der Waals surface area (Å²) >= 11 is 0. The van der Waals surface area contributed by atoms with E-state index in [1.54, 1.807) is 30.1 Å². The molecule has 0 amide bonds. The van der Waals surface area contributed by atoms with Gasteiger partial charge < -0.3 is 14.4 Å². The average Bonchev–Trinajstić information content (AvgIpc) is 3.38. The Bertz CT molecular complexity index is 1500. The van der Waals surface area contributed by atoms with E-state index in [1.807, 2.05) is 24.4 Å². The zero-order valence-electron chi connectivity index (χ0n) is 20.5. The van der Waals surface area contributed by atoms with Gasteiger partial charge in [0.15, 0.2) is 0 Å². The zero-order valence-corrected chi connectivity index (χ0v) is 20.5. The molecule has 37 heavy (non-hydrogen) atoms. The van der Waals surface area contributed by atoms with Gasteiger partial charge in [-0.25, -0.2) is 19.3 Å². The van der Waals surface area contributed by atoms with E-state index in [0.29, 0.717) is 40.2 Å². The summed E-state index contributed by atoms with van der Waals surface area (Å²) in [5, 5.41) is 13.8. The largest absolute Gasteiger partial charge is 0.481 e. The van der Waals surface area contributed by atoms with Gasteiger partial charge >= 0.3 is 5.97 Å². The maximum atomic E-state index is 12.2. The van der Waals surface area contributed by atoms with Crippen LogP contribution in [0.1, 0.15) is 27.9 Å². The van der Waals surface area contributed by atoms with Crippen LogP contribution in [0.3, 0.4) is 0 Å². The maximum absolute atomic E-state index is 12.2. The first kappa shape index (κ1) is 22.9. The van der Waals surface area contributed by atoms with Crippen molar-refractivity contribution in [1.82, 2.24) is 24.5 Å². The number of hydrogen-bond donors (Lipinski definition) is 0. The smallest absolute Gasteiger partial charge is 0.339 e. The number of pyridine rings is 3. The maximum Gasteiger partial charge on any atom is 0.339 e. The lowest BCUT2D eigenvalue weighted by atomic mass is 9.87. The number of methoxy groups -OCH3 is 2. The van der Waals surface area contributed by atoms with Gasteiger partial charge in [0.1, 0.15) is 11.9 Å². The quantitative estimate of drug-likeness (QED) is 0.373. The summed E-state index contributed by atoms with van der Waals surface area (Å²) in [7, 11) is 2.96. The number of ether oxygens (including phenoxy) is 2. The van der Waals surface area contributed by atoms with Crippen LogP contribution in [0.2, 0.25) is 0 Å². The average molecular weight is 496 g/mol. The second kappa shape index (κ2) is 9.19. The molecule has 0 aliphatic carbocycles. The van der Waals surface area contributed by atoms with E-state index in [1.165, 1.54) is 25.3 Å². The molecule has 4 aromatic heterocycles. The number of anilines is 1. The summed E-state index contributed by atoms with van der Waals surface area (Å²) in [5.41, 5.74) is 4.10. The first-order valence-corrected chi connectivity index (χ1v) is 12.0. The summed E-state index contributed by atoms with van der Waals surface area (Å²) in [5.74, 6) is 1.07. The lowest BCUT2D eigenvalue weighted by molar-refractivity contribution is -0.00876. The summed E-state index contributed by atoms with van der Waals surface area (Å²) in [6.07, 6.45) is 7.93. The Hall–Kier alpha value is -4.49. The third-order valence-electron chi connectivity index (χ3n) is 7.25. The first-order chi connectivity index (χ1) is 18.1. The number of esters is 1. The molecule has 10 heteroatoms. The van der Waals surface area contributed by atoms with Crippen molar-refractivity contribution in [2.45, 2.75) is 25.0 Å². The van der Waals surface area contributed by atoms with Crippen molar-refractivity contribution in [3.63, 3.8) is 0 Å². The van der Waals surface area contributed by atoms with Crippen molar-refractivity contribution < 1.29 is 14.3 Å². The van der Waals surface area contributed by atoms with Crippen molar-refractivity contribution in [2.75, 3.05) is 32.2 Å². The molecule has 7 heterocycles. The molecule has 3 fully saturated rings. The SMILES string of the molecule is COC(=O)c1cc(-c2ccc(N3CC4CC(C3)N4Cc3ccc(OC)nc3)nc2)c2c(C#N)cnn2c1. The molecular formula is C27H25N7O3. The van der Waals surface area contributed by atoms with Crippen molar-refractivity contribution in [3.8, 4) is 23.1 Å². The van der Waals surface area contributed by atoms with Crippen LogP contribution in [-0.4, -0.2) is 69.8 Å². The Morgan fingerprint density at radius 1 is 1.11 bits per heavy atom. The Balaban J connectivity index is 1.21. The van der Waals surface area contributed by atoms with Crippen LogP contribution >= 0.6 is 0 Å². The van der Waals surface area contributed by atoms with Crippen molar-refractivity contribution in [1.29, 1.82) is 5.26 Å². The fourth-order valence-electron chi connectivity index (χ4n) is 5.35. The predicted molar refractivity (Wildman–Crippen MR) is 135 cm³/mol. The Labute approximate surface area is 213 Å². The second-order valence-corrected chi connectivity index (χ2v) is 9.33. The van der Waals surface area contributed by atoms with Crippen LogP contribution in [-0.2, 0) is 11.3 Å². The molecule has 4 aromatic rings. The fraction of sp³-hybridized carbons (Fsp3) is 0.296. The molecule has 2 bridgehead atoms. The van der Waals surface area contributed by atoms with Crippen LogP contribution in [0.25, 0.3) is 16.6 Å². The van der Waals surface area contributed by atoms with Crippen LogP contribution < -0.4 is 9.64 Å². The number of carbonyl (C=O) groups is 1. The lowest BCUT2D eigenvalue weighted by Gasteiger charge is -2.56. The molecule has 0 saturated carbocycles. The van der Waals surface area contributed by atoms with Gasteiger partial charge in [0.05, 0.1) is 37.1 Å². The Morgan fingerprint density at radius 2 is 1.95 bits per heavy atom. The molecule has 0 N–H and O–H groups in total. The minimum Gasteiger partial charge on any atom is -0.481 e. The molecular weight excluding hydrogens is 470 g/mol. The molecule has 7 rings (SSSR count). The van der Waals surface area contributed by atoms with Crippen LogP contribution in [0.4, 0.5) is 5.82 Å². The fourth-order valence-corrected chi connectivity index (χ4v) is 5.35. The molecule has 2 unspecified atom stereocenters. The highest BCUT2D eigenvalue weighted by Crippen LogP contribution is 2.36. The minimum absolute atomic E-state index is 0.352. The number of nitrogens with zero attached hydrogens (tertiary/aromatic N) is 7. The van der Waals surface area contributed by atoms with E-state index >= 15 is 0 Å². The summed E-state index contributed by atoms with van der Waals surface area (Å²) in [6.45, 7) is 2.71. The molecule has 3 saturated heterocycles. The Morgan fingerprint density at radius 3 is 2.59 bits per heavy atom. The van der Waals surface area contributed by atoms with E-state index in [0.717, 1.165) is 31.0 Å². The molecule has 10 nitrogen and oxygen atoms in total. The van der Waals surface area contributed by atoms with Gasteiger partial charge in [-0.05, 0) is 30.2 Å². The number of hydrogen-bond acceptors (Lipinski definition) is 9. The highest BCUT2D eigenvalue weighted by atomic mass is 16.5. The van der Waals surface area contributed by atoms with Gasteiger partial charge in [-0.3, -0.25) is 4.90 Å². The van der Waals surface area contributed by atoms with Gasteiger partial charge in [0, 0.05) is 67.5 Å². The van der Waals surface area contributed by atoms with Crippen molar-refractivity contribution >= 4 is 17.3 Å². The third kappa shape index (κ3) is 4.03. The van der Waals surface area contributed by atoms with E-state index in [2.05, 4.69) is 32.0 Å². The van der Waals surface area contributed by atoms with Gasteiger partial charge in [-0.15, -0.1) is 0 Å². The molecule has 2 atom stereocenters. The van der Waals surface area contributed by atoms with E-state index in [9.17, 15) is 10.1 Å². The minimum atomic E-state index is -0.468. The number of fused-ring (bicyclic) bond motifs is 3. The monoisotopic (exact) mass is 495 g/mol. The normalized spacial score (nSPS) is 18.8. The van der Waals surface area contributed by atoms with Gasteiger partial charge in [0.2, 0.25) is 5.88 Å². The third-order valence-corrected chi connectivity index (χ3v) is 7.25. The zero-order chi connectivity index (χ0) is 25.5. The summed E-state index contributed by atoms with van der Waals surface area (Å²) in [4.78, 5) is 26.2. The van der Waals surface area contributed by atoms with E-state index in [4.69, 9.17) is 14.5 Å². The lowest BCUT2D eigenvalue weighted by Crippen LogP contribution is -2.68. The van der Waals surface area contributed by atoms with E-state index in [-0.39, 0.29) is 0 Å². The predicted octanol–water partition coefficient (Wildman–Crippen LogP) is 2.92. The molecule has 0 aromatic carbocycles. The summed E-state index contributed by atoms with van der Waals surface area (Å²) < 4.78 is 11.6. The molecule has 186 valence electrons. The number of rotatable bonds is 6. The highest BCUT2D eigenvalue weighted by Gasteiger charge is 2.44. The topological polar surface area (TPSA) is 109 Å². The number of piperazine rings is 1. The molecule has 3 aliphatic heterocycles. The molecule has 3 aliphatic rings. The highest BCUT2D eigenvalue weighted by molar-refractivity contribution is 5.94. The Kier molecular flexibility index (Phi) is 5.70. The van der Waals surface area contributed by atoms with Crippen molar-refractivity contribution in [2.24, 2.45) is 0 Å². The number of carbonyl (C=O) groups excluding carboxylic acids is 1. The van der Waals surface area contributed by atoms with Gasteiger partial charge in [0.25, 0.3) is 0 Å². The van der Waals surface area contributed by atoms with Crippen LogP contribution in [0.15, 0.2) is 55.1 Å². The number of nitriles is 1. The first-order valence-electron chi connectivity index (χ1n) is 12.0. The van der Waals surface area contributed by atoms with E-state index < -0.39 is 5.97 Å². The van der Waals surface area contributed by atoms with Crippen molar-refractivity contribution in [3.05, 3.63) is 71.8 Å². The summed E-state index contributed by atoms with van der Waals surface area (Å²) in [6, 6.07) is 12.8. The molecule has 0 radical (unpaired) electrons.